The Bertz CT molecular complexity index is 2140. The highest BCUT2D eigenvalue weighted by Crippen LogP contribution is 2.46. The third-order valence-electron chi connectivity index (χ3n) is 7.19. The van der Waals surface area contributed by atoms with Crippen LogP contribution in [0.5, 0.6) is 0 Å². The van der Waals surface area contributed by atoms with Gasteiger partial charge in [-0.1, -0.05) is 0 Å². The van der Waals surface area contributed by atoms with Crippen molar-refractivity contribution in [2.45, 2.75) is 6.42 Å². The minimum absolute atomic E-state index is 0.288. The molecule has 0 saturated carbocycles. The molecular weight excluding hydrogens is 648 g/mol. The Morgan fingerprint density at radius 3 is 1.51 bits per heavy atom. The van der Waals surface area contributed by atoms with Gasteiger partial charge in [-0.3, -0.25) is 19.2 Å². The van der Waals surface area contributed by atoms with E-state index in [0.29, 0.717) is 23.7 Å². The summed E-state index contributed by atoms with van der Waals surface area (Å²) < 4.78 is 114. The van der Waals surface area contributed by atoms with Crippen molar-refractivity contribution in [2.75, 3.05) is 0 Å². The van der Waals surface area contributed by atoms with Crippen LogP contribution >= 0.6 is 34.0 Å². The second kappa shape index (κ2) is 9.21. The Morgan fingerprint density at radius 2 is 1.00 bits per heavy atom. The second-order valence-corrected chi connectivity index (χ2v) is 12.9. The van der Waals surface area contributed by atoms with E-state index in [0.717, 1.165) is 28.7 Å². The summed E-state index contributed by atoms with van der Waals surface area (Å²) in [6.07, 6.45) is 0.737. The summed E-state index contributed by atoms with van der Waals surface area (Å²) in [5.41, 5.74) is -5.35. The largest absolute Gasteiger partial charge is 0.293 e. The van der Waals surface area contributed by atoms with Crippen LogP contribution in [0.4, 0.5) is 35.1 Å². The number of Topliss-reactive ketones (excluding diaryl/α,β-unsaturated/α-hetero) is 4. The lowest BCUT2D eigenvalue weighted by Crippen LogP contribution is -2.17. The molecule has 0 spiro atoms. The molecule has 3 aromatic heterocycles. The first-order valence-electron chi connectivity index (χ1n) is 11.9. The monoisotopic (exact) mass is 654 g/mol. The van der Waals surface area contributed by atoms with E-state index in [1.807, 2.05) is 0 Å². The molecule has 5 aromatic rings. The third-order valence-corrected chi connectivity index (χ3v) is 10.9. The van der Waals surface area contributed by atoms with Crippen LogP contribution in [0.15, 0.2) is 17.7 Å². The van der Waals surface area contributed by atoms with E-state index in [1.165, 1.54) is 11.3 Å². The van der Waals surface area contributed by atoms with Gasteiger partial charge in [0, 0.05) is 19.2 Å². The van der Waals surface area contributed by atoms with Crippen LogP contribution in [-0.2, 0) is 6.42 Å². The number of allylic oxidation sites excluding steroid dienone is 1. The number of ketones is 4. The molecule has 0 radical (unpaired) electrons. The van der Waals surface area contributed by atoms with Gasteiger partial charge >= 0.3 is 0 Å². The minimum Gasteiger partial charge on any atom is -0.293 e. The van der Waals surface area contributed by atoms with Crippen molar-refractivity contribution in [3.05, 3.63) is 96.3 Å². The Balaban J connectivity index is 1.22. The molecule has 0 unspecified atom stereocenters. The van der Waals surface area contributed by atoms with Gasteiger partial charge in [-0.15, -0.1) is 34.0 Å². The maximum Gasteiger partial charge on any atom is 0.200 e. The summed E-state index contributed by atoms with van der Waals surface area (Å²) in [6.45, 7) is 0. The van der Waals surface area contributed by atoms with Gasteiger partial charge in [0.1, 0.15) is 0 Å². The SMILES string of the molecule is O=C1C(=Cc2cc3sc4cc(CC5C(=O)c6c(F)c(F)c(F)c(F)c6C5=O)sc4c3s2)C(=O)c2c(F)c(F)c(F)c(F)c21. The average molecular weight is 655 g/mol. The van der Waals surface area contributed by atoms with Crippen molar-refractivity contribution >= 4 is 82.0 Å². The molecule has 4 nitrogen and oxygen atoms in total. The van der Waals surface area contributed by atoms with E-state index in [2.05, 4.69) is 0 Å². The molecule has 0 bridgehead atoms. The summed E-state index contributed by atoms with van der Waals surface area (Å²) in [5, 5.41) is 0. The maximum absolute atomic E-state index is 14.3. The topological polar surface area (TPSA) is 68.3 Å². The summed E-state index contributed by atoms with van der Waals surface area (Å²) >= 11 is 3.40. The zero-order chi connectivity index (χ0) is 30.8. The fourth-order valence-electron chi connectivity index (χ4n) is 5.23. The van der Waals surface area contributed by atoms with Crippen LogP contribution in [0, 0.1) is 52.5 Å². The number of rotatable bonds is 3. The number of thiophene rings is 3. The molecule has 216 valence electrons. The molecule has 0 saturated heterocycles. The Morgan fingerprint density at radius 1 is 0.558 bits per heavy atom. The summed E-state index contributed by atoms with van der Waals surface area (Å²) in [7, 11) is 0. The lowest BCUT2D eigenvalue weighted by molar-refractivity contribution is 0.0835. The molecule has 0 aliphatic heterocycles. The third kappa shape index (κ3) is 3.64. The predicted molar refractivity (Wildman–Crippen MR) is 140 cm³/mol. The first-order chi connectivity index (χ1) is 20.3. The number of hydrogen-bond acceptors (Lipinski definition) is 7. The standard InChI is InChI=1S/C28H6F8O4S3/c29-15-11-12(16(30)20(34)19(15)33)24(38)7(23(11)37)1-5-3-9-27(41-5)28-10(43-9)4-6(42-28)2-8-25(39)13-14(26(8)40)18(32)22(36)21(35)17(13)31/h1,3-4,8H,2H2. The Kier molecular flexibility index (Phi) is 5.94. The van der Waals surface area contributed by atoms with Crippen LogP contribution in [0.2, 0.25) is 0 Å². The van der Waals surface area contributed by atoms with Gasteiger partial charge in [0.15, 0.2) is 58.1 Å². The quantitative estimate of drug-likeness (QED) is 0.0494. The predicted octanol–water partition coefficient (Wildman–Crippen LogP) is 7.99. The molecule has 3 heterocycles. The van der Waals surface area contributed by atoms with Crippen LogP contribution in [0.3, 0.4) is 0 Å². The lowest BCUT2D eigenvalue weighted by atomic mass is 9.99. The van der Waals surface area contributed by atoms with Gasteiger partial charge in [0.2, 0.25) is 11.6 Å². The molecule has 0 amide bonds. The van der Waals surface area contributed by atoms with Crippen LogP contribution in [0.25, 0.3) is 24.9 Å². The molecule has 7 rings (SSSR count). The van der Waals surface area contributed by atoms with E-state index >= 15 is 0 Å². The van der Waals surface area contributed by atoms with Crippen molar-refractivity contribution in [2.24, 2.45) is 5.92 Å². The zero-order valence-corrected chi connectivity index (χ0v) is 22.8. The number of fused-ring (bicyclic) bond motifs is 5. The van der Waals surface area contributed by atoms with Crippen LogP contribution in [0.1, 0.15) is 51.2 Å². The molecular formula is C28H6F8O4S3. The van der Waals surface area contributed by atoms with E-state index < -0.39 is 103 Å². The van der Waals surface area contributed by atoms with E-state index in [1.54, 1.807) is 12.1 Å². The molecule has 0 atom stereocenters. The highest BCUT2D eigenvalue weighted by atomic mass is 32.1. The highest BCUT2D eigenvalue weighted by molar-refractivity contribution is 7.38. The zero-order valence-electron chi connectivity index (χ0n) is 20.4. The van der Waals surface area contributed by atoms with Gasteiger partial charge in [0.25, 0.3) is 0 Å². The van der Waals surface area contributed by atoms with E-state index in [4.69, 9.17) is 0 Å². The summed E-state index contributed by atoms with van der Waals surface area (Å²) in [6, 6.07) is 3.19. The van der Waals surface area contributed by atoms with Crippen molar-refractivity contribution in [1.29, 1.82) is 0 Å². The molecule has 2 aliphatic rings. The van der Waals surface area contributed by atoms with E-state index in [-0.39, 0.29) is 11.3 Å². The van der Waals surface area contributed by atoms with Crippen molar-refractivity contribution in [1.82, 2.24) is 0 Å². The number of carbonyl (C=O) groups is 4. The van der Waals surface area contributed by atoms with Gasteiger partial charge in [-0.05, 0) is 24.6 Å². The van der Waals surface area contributed by atoms with Crippen LogP contribution < -0.4 is 0 Å². The van der Waals surface area contributed by atoms with Gasteiger partial charge in [-0.25, -0.2) is 35.1 Å². The Hall–Kier alpha value is -4.08. The van der Waals surface area contributed by atoms with Crippen molar-refractivity contribution in [3.8, 4) is 0 Å². The molecule has 0 N–H and O–H groups in total. The number of hydrogen-bond donors (Lipinski definition) is 0. The molecule has 43 heavy (non-hydrogen) atoms. The van der Waals surface area contributed by atoms with Crippen LogP contribution in [-0.4, -0.2) is 23.1 Å². The van der Waals surface area contributed by atoms with E-state index in [9.17, 15) is 54.3 Å². The lowest BCUT2D eigenvalue weighted by Gasteiger charge is -2.04. The molecule has 15 heteroatoms. The normalized spacial score (nSPS) is 15.1. The molecule has 0 fully saturated rings. The summed E-state index contributed by atoms with van der Waals surface area (Å²) in [4.78, 5) is 51.6. The first-order valence-corrected chi connectivity index (χ1v) is 14.3. The Labute approximate surface area is 244 Å². The number of carbonyl (C=O) groups excluding carboxylic acids is 4. The van der Waals surface area contributed by atoms with Gasteiger partial charge in [-0.2, -0.15) is 0 Å². The van der Waals surface area contributed by atoms with Crippen molar-refractivity contribution in [3.63, 3.8) is 0 Å². The smallest absolute Gasteiger partial charge is 0.200 e. The highest BCUT2D eigenvalue weighted by Gasteiger charge is 2.46. The molecule has 2 aliphatic carbocycles. The van der Waals surface area contributed by atoms with Gasteiger partial charge in [0.05, 0.1) is 43.1 Å². The fourth-order valence-corrected chi connectivity index (χ4v) is 9.27. The van der Waals surface area contributed by atoms with Gasteiger partial charge < -0.3 is 0 Å². The first kappa shape index (κ1) is 27.7. The average Bonchev–Trinajstić information content (AvgIpc) is 3.73. The molecule has 2 aromatic carbocycles. The fraction of sp³-hybridized carbons (Fsp3) is 0.0714. The second-order valence-electron chi connectivity index (χ2n) is 9.56. The van der Waals surface area contributed by atoms with Crippen molar-refractivity contribution < 1.29 is 54.3 Å². The number of benzene rings is 2. The minimum atomic E-state index is -2.22. The maximum atomic E-state index is 14.3. The number of halogens is 8. The summed E-state index contributed by atoms with van der Waals surface area (Å²) in [5.74, 6) is -23.2.